The minimum absolute atomic E-state index is 0.0880. The number of aromatic nitrogens is 2. The molecule has 122 valence electrons. The lowest BCUT2D eigenvalue weighted by molar-refractivity contribution is -0.130. The molecular formula is C16H18ClN3O3. The summed E-state index contributed by atoms with van der Waals surface area (Å²) in [5.41, 5.74) is 0.863. The Bertz CT molecular complexity index is 826. The fourth-order valence-corrected chi connectivity index (χ4v) is 2.56. The second-order valence-corrected chi connectivity index (χ2v) is 5.83. The number of aryl methyl sites for hydroxylation is 1. The number of aromatic amines is 2. The molecule has 2 rings (SSSR count). The molecule has 0 aliphatic carbocycles. The van der Waals surface area contributed by atoms with Crippen molar-refractivity contribution >= 4 is 17.5 Å². The minimum atomic E-state index is -0.541. The van der Waals surface area contributed by atoms with Crippen molar-refractivity contribution in [2.45, 2.75) is 26.3 Å². The number of carbonyl (C=O) groups excluding carboxylic acids is 1. The summed E-state index contributed by atoms with van der Waals surface area (Å²) < 4.78 is 0. The number of nitrogens with one attached hydrogen (secondary N) is 2. The summed E-state index contributed by atoms with van der Waals surface area (Å²) in [6.45, 7) is 2.09. The van der Waals surface area contributed by atoms with E-state index in [0.29, 0.717) is 22.8 Å². The largest absolute Gasteiger partial charge is 0.341 e. The molecule has 0 atom stereocenters. The summed E-state index contributed by atoms with van der Waals surface area (Å²) in [4.78, 5) is 41.4. The van der Waals surface area contributed by atoms with Crippen LogP contribution in [-0.2, 0) is 17.8 Å². The molecule has 2 N–H and O–H groups in total. The molecule has 1 heterocycles. The topological polar surface area (TPSA) is 86.0 Å². The van der Waals surface area contributed by atoms with E-state index < -0.39 is 11.2 Å². The molecule has 23 heavy (non-hydrogen) atoms. The third-order valence-electron chi connectivity index (χ3n) is 3.58. The van der Waals surface area contributed by atoms with E-state index in [1.54, 1.807) is 24.9 Å². The van der Waals surface area contributed by atoms with E-state index in [1.165, 1.54) is 0 Å². The Hall–Kier alpha value is -2.34. The minimum Gasteiger partial charge on any atom is -0.341 e. The maximum absolute atomic E-state index is 12.2. The van der Waals surface area contributed by atoms with Gasteiger partial charge in [-0.15, -0.1) is 0 Å². The second-order valence-electron chi connectivity index (χ2n) is 5.39. The van der Waals surface area contributed by atoms with Crippen molar-refractivity contribution in [3.63, 3.8) is 0 Å². The third-order valence-corrected chi connectivity index (χ3v) is 3.81. The first kappa shape index (κ1) is 17.0. The van der Waals surface area contributed by atoms with Gasteiger partial charge < -0.3 is 9.88 Å². The zero-order valence-corrected chi connectivity index (χ0v) is 13.7. The average molecular weight is 336 g/mol. The second kappa shape index (κ2) is 7.28. The molecule has 1 aromatic heterocycles. The van der Waals surface area contributed by atoms with Crippen LogP contribution < -0.4 is 11.2 Å². The van der Waals surface area contributed by atoms with Crippen molar-refractivity contribution in [1.82, 2.24) is 14.9 Å². The molecule has 2 aromatic rings. The molecule has 0 aliphatic rings. The van der Waals surface area contributed by atoms with Crippen molar-refractivity contribution in [3.05, 3.63) is 66.9 Å². The smallest absolute Gasteiger partial charge is 0.325 e. The van der Waals surface area contributed by atoms with Gasteiger partial charge in [-0.05, 0) is 31.0 Å². The van der Waals surface area contributed by atoms with Crippen molar-refractivity contribution < 1.29 is 4.79 Å². The van der Waals surface area contributed by atoms with Crippen molar-refractivity contribution in [3.8, 4) is 0 Å². The van der Waals surface area contributed by atoms with Crippen LogP contribution in [0.4, 0.5) is 0 Å². The highest BCUT2D eigenvalue weighted by atomic mass is 35.5. The highest BCUT2D eigenvalue weighted by Gasteiger charge is 2.13. The monoisotopic (exact) mass is 335 g/mol. The lowest BCUT2D eigenvalue weighted by Crippen LogP contribution is -2.30. The summed E-state index contributed by atoms with van der Waals surface area (Å²) in [6.07, 6.45) is 0.462. The van der Waals surface area contributed by atoms with Gasteiger partial charge in [0.15, 0.2) is 0 Å². The van der Waals surface area contributed by atoms with E-state index in [-0.39, 0.29) is 18.7 Å². The third kappa shape index (κ3) is 4.56. The maximum Gasteiger partial charge on any atom is 0.325 e. The number of benzene rings is 1. The fraction of sp³-hybridized carbons (Fsp3) is 0.312. The van der Waals surface area contributed by atoms with Gasteiger partial charge in [-0.1, -0.05) is 23.7 Å². The Morgan fingerprint density at radius 2 is 2.00 bits per heavy atom. The molecule has 0 aliphatic heterocycles. The molecule has 0 saturated heterocycles. The van der Waals surface area contributed by atoms with E-state index in [9.17, 15) is 14.4 Å². The first-order chi connectivity index (χ1) is 10.9. The number of hydrogen-bond donors (Lipinski definition) is 2. The molecule has 0 saturated carbocycles. The van der Waals surface area contributed by atoms with Crippen LogP contribution in [0, 0.1) is 6.92 Å². The molecule has 0 bridgehead atoms. The molecule has 1 amide bonds. The number of hydrogen-bond acceptors (Lipinski definition) is 3. The predicted molar refractivity (Wildman–Crippen MR) is 88.7 cm³/mol. The Kier molecular flexibility index (Phi) is 5.39. The van der Waals surface area contributed by atoms with E-state index >= 15 is 0 Å². The predicted octanol–water partition coefficient (Wildman–Crippen LogP) is 1.62. The highest BCUT2D eigenvalue weighted by Crippen LogP contribution is 2.13. The zero-order valence-electron chi connectivity index (χ0n) is 13.0. The number of halogens is 1. The van der Waals surface area contributed by atoms with Gasteiger partial charge >= 0.3 is 5.69 Å². The quantitative estimate of drug-likeness (QED) is 0.870. The summed E-state index contributed by atoms with van der Waals surface area (Å²) >= 11 is 5.93. The standard InChI is InChI=1S/C16H18ClN3O3/c1-10-13(15(22)19-16(23)18-10)6-7-14(21)20(2)9-11-4-3-5-12(17)8-11/h3-5,8H,6-7,9H2,1-2H3,(H2,18,19,22,23). The Balaban J connectivity index is 1.99. The average Bonchev–Trinajstić information content (AvgIpc) is 2.45. The number of amides is 1. The van der Waals surface area contributed by atoms with E-state index in [4.69, 9.17) is 11.6 Å². The lowest BCUT2D eigenvalue weighted by Gasteiger charge is -2.17. The van der Waals surface area contributed by atoms with Crippen LogP contribution in [-0.4, -0.2) is 27.8 Å². The summed E-state index contributed by atoms with van der Waals surface area (Å²) in [5, 5.41) is 0.624. The number of H-pyrrole nitrogens is 2. The molecule has 0 unspecified atom stereocenters. The maximum atomic E-state index is 12.2. The van der Waals surface area contributed by atoms with Gasteiger partial charge in [0.25, 0.3) is 5.56 Å². The van der Waals surface area contributed by atoms with Crippen molar-refractivity contribution in [1.29, 1.82) is 0 Å². The fourth-order valence-electron chi connectivity index (χ4n) is 2.35. The highest BCUT2D eigenvalue weighted by molar-refractivity contribution is 6.30. The SMILES string of the molecule is Cc1[nH]c(=O)[nH]c(=O)c1CCC(=O)N(C)Cc1cccc(Cl)c1. The van der Waals surface area contributed by atoms with Crippen molar-refractivity contribution in [2.75, 3.05) is 7.05 Å². The molecule has 6 nitrogen and oxygen atoms in total. The first-order valence-corrected chi connectivity index (χ1v) is 7.55. The number of rotatable bonds is 5. The molecular weight excluding hydrogens is 318 g/mol. The number of carbonyl (C=O) groups is 1. The van der Waals surface area contributed by atoms with Gasteiger partial charge in [0.1, 0.15) is 0 Å². The van der Waals surface area contributed by atoms with Gasteiger partial charge in [0.05, 0.1) is 0 Å². The van der Waals surface area contributed by atoms with Crippen LogP contribution in [0.3, 0.4) is 0 Å². The zero-order chi connectivity index (χ0) is 17.0. The Labute approximate surface area is 138 Å². The van der Waals surface area contributed by atoms with Crippen LogP contribution >= 0.6 is 11.6 Å². The first-order valence-electron chi connectivity index (χ1n) is 7.17. The normalized spacial score (nSPS) is 10.6. The van der Waals surface area contributed by atoms with Gasteiger partial charge in [-0.2, -0.15) is 0 Å². The van der Waals surface area contributed by atoms with Crippen LogP contribution in [0.15, 0.2) is 33.9 Å². The van der Waals surface area contributed by atoms with E-state index in [0.717, 1.165) is 5.56 Å². The summed E-state index contributed by atoms with van der Waals surface area (Å²) in [6, 6.07) is 7.31. The summed E-state index contributed by atoms with van der Waals surface area (Å²) in [7, 11) is 1.70. The van der Waals surface area contributed by atoms with Gasteiger partial charge in [-0.25, -0.2) is 4.79 Å². The lowest BCUT2D eigenvalue weighted by atomic mass is 10.1. The number of nitrogens with zero attached hydrogens (tertiary/aromatic N) is 1. The Morgan fingerprint density at radius 3 is 2.65 bits per heavy atom. The molecule has 1 aromatic carbocycles. The van der Waals surface area contributed by atoms with E-state index in [1.807, 2.05) is 18.2 Å². The van der Waals surface area contributed by atoms with Crippen LogP contribution in [0.25, 0.3) is 0 Å². The summed E-state index contributed by atoms with van der Waals surface area (Å²) in [5.74, 6) is -0.0880. The molecule has 0 fully saturated rings. The van der Waals surface area contributed by atoms with Crippen LogP contribution in [0.1, 0.15) is 23.2 Å². The van der Waals surface area contributed by atoms with Crippen LogP contribution in [0.5, 0.6) is 0 Å². The van der Waals surface area contributed by atoms with Gasteiger partial charge in [0, 0.05) is 36.3 Å². The van der Waals surface area contributed by atoms with Gasteiger partial charge in [0.2, 0.25) is 5.91 Å². The molecule has 0 radical (unpaired) electrons. The Morgan fingerprint density at radius 1 is 1.26 bits per heavy atom. The molecule has 0 spiro atoms. The van der Waals surface area contributed by atoms with E-state index in [2.05, 4.69) is 9.97 Å². The van der Waals surface area contributed by atoms with Crippen LogP contribution in [0.2, 0.25) is 5.02 Å². The van der Waals surface area contributed by atoms with Gasteiger partial charge in [-0.3, -0.25) is 14.6 Å². The molecule has 7 heteroatoms. The van der Waals surface area contributed by atoms with Crippen molar-refractivity contribution in [2.24, 2.45) is 0 Å².